The van der Waals surface area contributed by atoms with Crippen molar-refractivity contribution in [2.45, 2.75) is 44.8 Å². The van der Waals surface area contributed by atoms with Gasteiger partial charge in [-0.3, -0.25) is 4.79 Å². The average molecular weight is 284 g/mol. The molecule has 3 N–H and O–H groups in total. The van der Waals surface area contributed by atoms with Crippen LogP contribution in [0, 0.1) is 5.92 Å². The second-order valence-corrected chi connectivity index (χ2v) is 4.84. The molecule has 0 saturated carbocycles. The summed E-state index contributed by atoms with van der Waals surface area (Å²) in [5.41, 5.74) is 0. The molecule has 0 radical (unpaired) electrons. The van der Waals surface area contributed by atoms with Gasteiger partial charge < -0.3 is 16.0 Å². The Labute approximate surface area is 115 Å². The van der Waals surface area contributed by atoms with Crippen LogP contribution in [0.15, 0.2) is 0 Å². The summed E-state index contributed by atoms with van der Waals surface area (Å²) in [5.74, 6) is 0.749. The van der Waals surface area contributed by atoms with E-state index in [0.29, 0.717) is 12.0 Å². The molecule has 3 unspecified atom stereocenters. The minimum atomic E-state index is 0. The van der Waals surface area contributed by atoms with Gasteiger partial charge in [0.25, 0.3) is 0 Å². The summed E-state index contributed by atoms with van der Waals surface area (Å²) in [7, 11) is 0. The third kappa shape index (κ3) is 3.98. The first-order valence-corrected chi connectivity index (χ1v) is 5.95. The van der Waals surface area contributed by atoms with Gasteiger partial charge in [-0.25, -0.2) is 0 Å². The van der Waals surface area contributed by atoms with Gasteiger partial charge in [-0.2, -0.15) is 0 Å². The van der Waals surface area contributed by atoms with Crippen molar-refractivity contribution < 1.29 is 4.79 Å². The van der Waals surface area contributed by atoms with Crippen LogP contribution in [0.2, 0.25) is 0 Å². The highest BCUT2D eigenvalue weighted by Crippen LogP contribution is 2.16. The first-order chi connectivity index (χ1) is 7.18. The molecule has 0 aromatic rings. The van der Waals surface area contributed by atoms with E-state index in [-0.39, 0.29) is 42.8 Å². The normalized spacial score (nSPS) is 35.9. The largest absolute Gasteiger partial charge is 0.350 e. The number of hydrogen-bond acceptors (Lipinski definition) is 3. The van der Waals surface area contributed by atoms with Crippen LogP contribution in [0.25, 0.3) is 0 Å². The van der Waals surface area contributed by atoms with E-state index in [1.807, 2.05) is 0 Å². The van der Waals surface area contributed by atoms with Gasteiger partial charge in [0.15, 0.2) is 0 Å². The predicted octanol–water partition coefficient (Wildman–Crippen LogP) is 0.695. The van der Waals surface area contributed by atoms with Crippen LogP contribution in [0.4, 0.5) is 0 Å². The Morgan fingerprint density at radius 3 is 2.18 bits per heavy atom. The molecule has 0 aromatic heterocycles. The van der Waals surface area contributed by atoms with E-state index in [1.165, 1.54) is 0 Å². The number of carbonyl (C=O) groups excluding carboxylic acids is 1. The topological polar surface area (TPSA) is 53.2 Å². The molecule has 2 rings (SSSR count). The standard InChI is InChI=1S/C11H21N3O.2ClH/c1-7-3-5-12-8(2)10(7)14-11(15)9-4-6-13-9;;/h7-10,12-13H,3-6H2,1-2H3,(H,14,15);2*1H/t7?,8?,9-,10?;;/m1../s1. The molecule has 2 fully saturated rings. The van der Waals surface area contributed by atoms with E-state index < -0.39 is 0 Å². The fourth-order valence-electron chi connectivity index (χ4n) is 2.38. The lowest BCUT2D eigenvalue weighted by Gasteiger charge is -2.38. The van der Waals surface area contributed by atoms with Gasteiger partial charge >= 0.3 is 0 Å². The van der Waals surface area contributed by atoms with Gasteiger partial charge in [0.2, 0.25) is 5.91 Å². The minimum absolute atomic E-state index is 0. The van der Waals surface area contributed by atoms with Crippen molar-refractivity contribution >= 4 is 30.7 Å². The van der Waals surface area contributed by atoms with E-state index in [4.69, 9.17) is 0 Å². The van der Waals surface area contributed by atoms with Crippen LogP contribution in [-0.4, -0.2) is 37.1 Å². The van der Waals surface area contributed by atoms with Gasteiger partial charge in [-0.15, -0.1) is 24.8 Å². The lowest BCUT2D eigenvalue weighted by molar-refractivity contribution is -0.126. The fraction of sp³-hybridized carbons (Fsp3) is 0.909. The van der Waals surface area contributed by atoms with Crippen molar-refractivity contribution in [2.24, 2.45) is 5.92 Å². The summed E-state index contributed by atoms with van der Waals surface area (Å²) >= 11 is 0. The van der Waals surface area contributed by atoms with Gasteiger partial charge in [0, 0.05) is 12.1 Å². The molecular formula is C11H23Cl2N3O. The maximum absolute atomic E-state index is 11.8. The number of amides is 1. The number of rotatable bonds is 2. The summed E-state index contributed by atoms with van der Waals surface area (Å²) in [5, 5.41) is 9.70. The van der Waals surface area contributed by atoms with Gasteiger partial charge in [-0.1, -0.05) is 6.92 Å². The number of carbonyl (C=O) groups is 1. The van der Waals surface area contributed by atoms with Gasteiger partial charge in [-0.05, 0) is 38.8 Å². The average Bonchev–Trinajstić information content (AvgIpc) is 2.08. The van der Waals surface area contributed by atoms with Crippen LogP contribution < -0.4 is 16.0 Å². The number of piperidine rings is 1. The molecule has 2 aliphatic heterocycles. The fourth-order valence-corrected chi connectivity index (χ4v) is 2.38. The zero-order valence-electron chi connectivity index (χ0n) is 10.4. The molecule has 0 spiro atoms. The first kappa shape index (κ1) is 17.0. The molecule has 2 saturated heterocycles. The van der Waals surface area contributed by atoms with Gasteiger partial charge in [0.1, 0.15) is 0 Å². The van der Waals surface area contributed by atoms with E-state index in [1.54, 1.807) is 0 Å². The highest BCUT2D eigenvalue weighted by molar-refractivity contribution is 5.85. The SMILES string of the molecule is CC1CCNC(C)C1NC(=O)[C@H]1CCN1.Cl.Cl. The Hall–Kier alpha value is -0.0300. The summed E-state index contributed by atoms with van der Waals surface area (Å²) < 4.78 is 0. The lowest BCUT2D eigenvalue weighted by atomic mass is 9.88. The smallest absolute Gasteiger partial charge is 0.237 e. The monoisotopic (exact) mass is 283 g/mol. The Bertz CT molecular complexity index is 239. The maximum Gasteiger partial charge on any atom is 0.237 e. The van der Waals surface area contributed by atoms with E-state index in [2.05, 4.69) is 29.8 Å². The molecule has 4 nitrogen and oxygen atoms in total. The molecule has 2 heterocycles. The van der Waals surface area contributed by atoms with Crippen molar-refractivity contribution in [3.05, 3.63) is 0 Å². The molecule has 0 bridgehead atoms. The molecule has 6 heteroatoms. The molecule has 0 aromatic carbocycles. The number of nitrogens with one attached hydrogen (secondary N) is 3. The van der Waals surface area contributed by atoms with Crippen molar-refractivity contribution in [1.29, 1.82) is 0 Å². The second kappa shape index (κ2) is 7.41. The molecule has 0 aliphatic carbocycles. The molecule has 17 heavy (non-hydrogen) atoms. The van der Waals surface area contributed by atoms with Crippen LogP contribution in [-0.2, 0) is 4.79 Å². The van der Waals surface area contributed by atoms with Crippen LogP contribution in [0.3, 0.4) is 0 Å². The van der Waals surface area contributed by atoms with Crippen molar-refractivity contribution in [3.63, 3.8) is 0 Å². The van der Waals surface area contributed by atoms with E-state index in [0.717, 1.165) is 25.9 Å². The highest BCUT2D eigenvalue weighted by atomic mass is 35.5. The Morgan fingerprint density at radius 1 is 1.12 bits per heavy atom. The second-order valence-electron chi connectivity index (χ2n) is 4.84. The van der Waals surface area contributed by atoms with Crippen LogP contribution >= 0.6 is 24.8 Å². The summed E-state index contributed by atoms with van der Waals surface area (Å²) in [6.07, 6.45) is 2.13. The third-order valence-electron chi connectivity index (χ3n) is 3.67. The number of halogens is 2. The quantitative estimate of drug-likeness (QED) is 0.699. The molecule has 1 amide bonds. The summed E-state index contributed by atoms with van der Waals surface area (Å²) in [6.45, 7) is 6.41. The molecular weight excluding hydrogens is 261 g/mol. The predicted molar refractivity (Wildman–Crippen MR) is 74.1 cm³/mol. The van der Waals surface area contributed by atoms with E-state index in [9.17, 15) is 4.79 Å². The maximum atomic E-state index is 11.8. The Morgan fingerprint density at radius 2 is 1.71 bits per heavy atom. The summed E-state index contributed by atoms with van der Waals surface area (Å²) in [4.78, 5) is 11.8. The minimum Gasteiger partial charge on any atom is -0.350 e. The highest BCUT2D eigenvalue weighted by Gasteiger charge is 2.32. The van der Waals surface area contributed by atoms with Crippen LogP contribution in [0.5, 0.6) is 0 Å². The summed E-state index contributed by atoms with van der Waals surface area (Å²) in [6, 6.07) is 0.734. The van der Waals surface area contributed by atoms with Crippen LogP contribution in [0.1, 0.15) is 26.7 Å². The lowest BCUT2D eigenvalue weighted by Crippen LogP contribution is -2.61. The molecule has 102 valence electrons. The molecule has 4 atom stereocenters. The third-order valence-corrected chi connectivity index (χ3v) is 3.67. The van der Waals surface area contributed by atoms with Crippen molar-refractivity contribution in [2.75, 3.05) is 13.1 Å². The first-order valence-electron chi connectivity index (χ1n) is 5.95. The van der Waals surface area contributed by atoms with Gasteiger partial charge in [0.05, 0.1) is 6.04 Å². The Kier molecular flexibility index (Phi) is 7.40. The van der Waals surface area contributed by atoms with E-state index >= 15 is 0 Å². The molecule has 2 aliphatic rings. The zero-order valence-corrected chi connectivity index (χ0v) is 12.0. The number of hydrogen-bond donors (Lipinski definition) is 3. The van der Waals surface area contributed by atoms with Crippen molar-refractivity contribution in [1.82, 2.24) is 16.0 Å². The zero-order chi connectivity index (χ0) is 10.8. The Balaban J connectivity index is 0.00000128. The van der Waals surface area contributed by atoms with Crippen molar-refractivity contribution in [3.8, 4) is 0 Å².